The highest BCUT2D eigenvalue weighted by Gasteiger charge is 2.22. The quantitative estimate of drug-likeness (QED) is 0.638. The molecule has 1 saturated heterocycles. The van der Waals surface area contributed by atoms with Gasteiger partial charge in [-0.15, -0.1) is 10.2 Å². The molecule has 0 radical (unpaired) electrons. The molecule has 2 aromatic heterocycles. The van der Waals surface area contributed by atoms with Gasteiger partial charge < -0.3 is 4.90 Å². The molecule has 0 N–H and O–H groups in total. The Bertz CT molecular complexity index is 1030. The van der Waals surface area contributed by atoms with Gasteiger partial charge in [-0.25, -0.2) is 0 Å². The Balaban J connectivity index is 1.67. The second-order valence-electron chi connectivity index (χ2n) is 7.86. The van der Waals surface area contributed by atoms with Gasteiger partial charge in [0.1, 0.15) is 0 Å². The second kappa shape index (κ2) is 7.15. The molecule has 1 aliphatic rings. The van der Waals surface area contributed by atoms with Crippen LogP contribution in [-0.4, -0.2) is 44.2 Å². The van der Waals surface area contributed by atoms with Gasteiger partial charge in [0, 0.05) is 18.5 Å². The number of thioether (sulfide) groups is 1. The fraction of sp³-hybridized carbons (Fsp3) is 0.476. The average Bonchev–Trinajstić information content (AvgIpc) is 3.02. The standard InChI is InChI=1S/C21H26N4OS/c1-13-6-5-7-24(11-13)19(26)12-27-21-23-22-18-10-15(3)17-9-14(2)8-16(4)20(17)25(18)21/h8-10,13H,5-7,11-12H2,1-4H3. The first-order valence-corrected chi connectivity index (χ1v) is 10.6. The monoisotopic (exact) mass is 382 g/mol. The van der Waals surface area contributed by atoms with Crippen LogP contribution in [0, 0.1) is 26.7 Å². The molecule has 5 nitrogen and oxygen atoms in total. The normalized spacial score (nSPS) is 17.8. The summed E-state index contributed by atoms with van der Waals surface area (Å²) in [6, 6.07) is 6.48. The summed E-state index contributed by atoms with van der Waals surface area (Å²) in [4.78, 5) is 14.7. The van der Waals surface area contributed by atoms with Crippen LogP contribution in [0.25, 0.3) is 16.6 Å². The smallest absolute Gasteiger partial charge is 0.233 e. The van der Waals surface area contributed by atoms with Crippen molar-refractivity contribution in [2.75, 3.05) is 18.8 Å². The zero-order valence-electron chi connectivity index (χ0n) is 16.5. The van der Waals surface area contributed by atoms with E-state index in [2.05, 4.69) is 60.5 Å². The molecule has 0 spiro atoms. The molecule has 1 aliphatic heterocycles. The molecule has 1 amide bonds. The van der Waals surface area contributed by atoms with Crippen molar-refractivity contribution in [1.82, 2.24) is 19.5 Å². The number of fused-ring (bicyclic) bond motifs is 3. The predicted molar refractivity (Wildman–Crippen MR) is 110 cm³/mol. The minimum atomic E-state index is 0.201. The van der Waals surface area contributed by atoms with Crippen LogP contribution in [0.5, 0.6) is 0 Å². The molecule has 27 heavy (non-hydrogen) atoms. The number of benzene rings is 1. The lowest BCUT2D eigenvalue weighted by Crippen LogP contribution is -2.40. The summed E-state index contributed by atoms with van der Waals surface area (Å²) in [7, 11) is 0. The molecule has 1 fully saturated rings. The number of aromatic nitrogens is 3. The lowest BCUT2D eigenvalue weighted by Gasteiger charge is -2.30. The van der Waals surface area contributed by atoms with Crippen molar-refractivity contribution in [3.8, 4) is 0 Å². The van der Waals surface area contributed by atoms with Crippen molar-refractivity contribution < 1.29 is 4.79 Å². The number of hydrogen-bond acceptors (Lipinski definition) is 4. The minimum Gasteiger partial charge on any atom is -0.342 e. The first-order chi connectivity index (χ1) is 12.9. The molecule has 1 atom stereocenters. The number of carbonyl (C=O) groups excluding carboxylic acids is 1. The predicted octanol–water partition coefficient (Wildman–Crippen LogP) is 4.16. The van der Waals surface area contributed by atoms with E-state index in [-0.39, 0.29) is 5.91 Å². The number of aryl methyl sites for hydroxylation is 3. The molecule has 6 heteroatoms. The molecule has 0 saturated carbocycles. The van der Waals surface area contributed by atoms with E-state index in [0.717, 1.165) is 35.8 Å². The summed E-state index contributed by atoms with van der Waals surface area (Å²) in [5.74, 6) is 1.21. The van der Waals surface area contributed by atoms with Crippen molar-refractivity contribution >= 4 is 34.2 Å². The topological polar surface area (TPSA) is 50.5 Å². The Kier molecular flexibility index (Phi) is 4.84. The van der Waals surface area contributed by atoms with Crippen LogP contribution in [0.15, 0.2) is 23.4 Å². The van der Waals surface area contributed by atoms with E-state index in [4.69, 9.17) is 0 Å². The Morgan fingerprint density at radius 3 is 2.78 bits per heavy atom. The average molecular weight is 383 g/mol. The van der Waals surface area contributed by atoms with Gasteiger partial charge in [0.05, 0.1) is 11.3 Å². The van der Waals surface area contributed by atoms with Crippen LogP contribution in [0.1, 0.15) is 36.5 Å². The molecular formula is C21H26N4OS. The lowest BCUT2D eigenvalue weighted by molar-refractivity contribution is -0.130. The molecule has 0 bridgehead atoms. The fourth-order valence-corrected chi connectivity index (χ4v) is 4.99. The Morgan fingerprint density at radius 1 is 1.19 bits per heavy atom. The van der Waals surface area contributed by atoms with E-state index in [0.29, 0.717) is 11.7 Å². The van der Waals surface area contributed by atoms with Crippen molar-refractivity contribution in [2.45, 2.75) is 45.7 Å². The summed E-state index contributed by atoms with van der Waals surface area (Å²) >= 11 is 1.49. The van der Waals surface area contributed by atoms with E-state index >= 15 is 0 Å². The van der Waals surface area contributed by atoms with Gasteiger partial charge in [0.15, 0.2) is 10.8 Å². The maximum atomic E-state index is 12.7. The third kappa shape index (κ3) is 3.43. The molecule has 4 rings (SSSR count). The van der Waals surface area contributed by atoms with Crippen LogP contribution in [0.2, 0.25) is 0 Å². The minimum absolute atomic E-state index is 0.201. The first kappa shape index (κ1) is 18.3. The fourth-order valence-electron chi connectivity index (χ4n) is 4.14. The Morgan fingerprint density at radius 2 is 2.00 bits per heavy atom. The van der Waals surface area contributed by atoms with Gasteiger partial charge in [-0.05, 0) is 62.8 Å². The van der Waals surface area contributed by atoms with Gasteiger partial charge in [-0.1, -0.05) is 30.3 Å². The summed E-state index contributed by atoms with van der Waals surface area (Å²) < 4.78 is 2.11. The molecule has 1 unspecified atom stereocenters. The van der Waals surface area contributed by atoms with E-state index < -0.39 is 0 Å². The van der Waals surface area contributed by atoms with Crippen LogP contribution in [-0.2, 0) is 4.79 Å². The van der Waals surface area contributed by atoms with E-state index in [1.54, 1.807) is 0 Å². The molecule has 1 aromatic carbocycles. The van der Waals surface area contributed by atoms with Crippen LogP contribution < -0.4 is 0 Å². The third-order valence-electron chi connectivity index (χ3n) is 5.43. The number of nitrogens with zero attached hydrogens (tertiary/aromatic N) is 4. The Labute approximate surface area is 164 Å². The maximum Gasteiger partial charge on any atom is 0.233 e. The van der Waals surface area contributed by atoms with Gasteiger partial charge >= 0.3 is 0 Å². The Hall–Kier alpha value is -2.08. The second-order valence-corrected chi connectivity index (χ2v) is 8.80. The summed E-state index contributed by atoms with van der Waals surface area (Å²) in [6.07, 6.45) is 2.32. The SMILES string of the molecule is Cc1cc(C)c2c(c1)c(C)cc1nnc(SCC(=O)N3CCCC(C)C3)n12. The lowest BCUT2D eigenvalue weighted by atomic mass is 10.0. The maximum absolute atomic E-state index is 12.7. The number of hydrogen-bond donors (Lipinski definition) is 0. The highest BCUT2D eigenvalue weighted by Crippen LogP contribution is 2.29. The molecule has 142 valence electrons. The van der Waals surface area contributed by atoms with Crippen LogP contribution in [0.3, 0.4) is 0 Å². The number of pyridine rings is 1. The van der Waals surface area contributed by atoms with E-state index in [1.807, 2.05) is 4.90 Å². The number of likely N-dealkylation sites (tertiary alicyclic amines) is 1. The summed E-state index contributed by atoms with van der Waals surface area (Å²) in [5.41, 5.74) is 5.64. The van der Waals surface area contributed by atoms with Gasteiger partial charge in [0.2, 0.25) is 5.91 Å². The number of rotatable bonds is 3. The van der Waals surface area contributed by atoms with Gasteiger partial charge in [-0.2, -0.15) is 0 Å². The first-order valence-electron chi connectivity index (χ1n) is 9.60. The number of piperidine rings is 1. The van der Waals surface area contributed by atoms with Crippen molar-refractivity contribution in [2.24, 2.45) is 5.92 Å². The van der Waals surface area contributed by atoms with E-state index in [1.165, 1.54) is 40.3 Å². The molecule has 0 aliphatic carbocycles. The van der Waals surface area contributed by atoms with Crippen molar-refractivity contribution in [1.29, 1.82) is 0 Å². The highest BCUT2D eigenvalue weighted by atomic mass is 32.2. The largest absolute Gasteiger partial charge is 0.342 e. The summed E-state index contributed by atoms with van der Waals surface area (Å²) in [5, 5.41) is 10.8. The van der Waals surface area contributed by atoms with Crippen LogP contribution >= 0.6 is 11.8 Å². The van der Waals surface area contributed by atoms with Gasteiger partial charge in [0.25, 0.3) is 0 Å². The van der Waals surface area contributed by atoms with Gasteiger partial charge in [-0.3, -0.25) is 9.20 Å². The zero-order valence-corrected chi connectivity index (χ0v) is 17.3. The van der Waals surface area contributed by atoms with Crippen molar-refractivity contribution in [3.05, 3.63) is 34.9 Å². The van der Waals surface area contributed by atoms with Crippen molar-refractivity contribution in [3.63, 3.8) is 0 Å². The third-order valence-corrected chi connectivity index (χ3v) is 6.35. The van der Waals surface area contributed by atoms with E-state index in [9.17, 15) is 4.79 Å². The molecular weight excluding hydrogens is 356 g/mol. The number of carbonyl (C=O) groups is 1. The number of amides is 1. The zero-order chi connectivity index (χ0) is 19.1. The summed E-state index contributed by atoms with van der Waals surface area (Å²) in [6.45, 7) is 10.3. The molecule has 3 aromatic rings. The molecule has 3 heterocycles. The highest BCUT2D eigenvalue weighted by molar-refractivity contribution is 7.99. The van der Waals surface area contributed by atoms with Crippen LogP contribution in [0.4, 0.5) is 0 Å².